The number of hydrogen-bond acceptors (Lipinski definition) is 6. The Bertz CT molecular complexity index is 1090. The lowest BCUT2D eigenvalue weighted by molar-refractivity contribution is -0.0498. The fourth-order valence-corrected chi connectivity index (χ4v) is 4.21. The summed E-state index contributed by atoms with van der Waals surface area (Å²) < 4.78 is 46.6. The number of nitrogens with zero attached hydrogens (tertiary/aromatic N) is 3. The molecular formula is C17H17Cl3F2N3O6P. The summed E-state index contributed by atoms with van der Waals surface area (Å²) in [4.78, 5) is 36.4. The number of alkyl halides is 2. The quantitative estimate of drug-likeness (QED) is 0.342. The van der Waals surface area contributed by atoms with Crippen molar-refractivity contribution in [2.45, 2.75) is 32.4 Å². The number of ether oxygens (including phenoxy) is 1. The molecule has 1 heterocycles. The van der Waals surface area contributed by atoms with E-state index >= 15 is 0 Å². The monoisotopic (exact) mass is 533 g/mol. The van der Waals surface area contributed by atoms with Gasteiger partial charge in [-0.25, -0.2) is 9.55 Å². The van der Waals surface area contributed by atoms with E-state index in [2.05, 4.69) is 14.2 Å². The molecule has 0 aliphatic heterocycles. The van der Waals surface area contributed by atoms with Crippen LogP contribution in [0.5, 0.6) is 5.75 Å². The number of halogens is 5. The molecule has 0 saturated heterocycles. The molecule has 1 aromatic carbocycles. The van der Waals surface area contributed by atoms with Crippen molar-refractivity contribution in [1.29, 1.82) is 0 Å². The van der Waals surface area contributed by atoms with Gasteiger partial charge in [0.25, 0.3) is 5.56 Å². The third-order valence-corrected chi connectivity index (χ3v) is 5.93. The minimum Gasteiger partial charge on any atom is -0.435 e. The highest BCUT2D eigenvalue weighted by atomic mass is 35.5. The van der Waals surface area contributed by atoms with Gasteiger partial charge in [0.1, 0.15) is 17.6 Å². The average molecular weight is 535 g/mol. The zero-order valence-electron chi connectivity index (χ0n) is 16.3. The van der Waals surface area contributed by atoms with Crippen molar-refractivity contribution in [2.24, 2.45) is 5.92 Å². The van der Waals surface area contributed by atoms with Crippen molar-refractivity contribution in [3.8, 4) is 5.75 Å². The molecule has 1 aliphatic carbocycles. The van der Waals surface area contributed by atoms with Gasteiger partial charge >= 0.3 is 14.4 Å². The van der Waals surface area contributed by atoms with Crippen LogP contribution in [0, 0.1) is 5.92 Å². The molecule has 32 heavy (non-hydrogen) atoms. The number of aromatic nitrogens is 2. The van der Waals surface area contributed by atoms with Crippen LogP contribution in [0.4, 0.5) is 20.3 Å². The molecule has 1 aliphatic rings. The van der Waals surface area contributed by atoms with Crippen molar-refractivity contribution >= 4 is 54.1 Å². The van der Waals surface area contributed by atoms with Crippen molar-refractivity contribution in [3.63, 3.8) is 0 Å². The van der Waals surface area contributed by atoms with Crippen LogP contribution < -0.4 is 15.2 Å². The van der Waals surface area contributed by atoms with Crippen LogP contribution in [0.25, 0.3) is 0 Å². The van der Waals surface area contributed by atoms with E-state index < -0.39 is 26.7 Å². The molecule has 0 spiro atoms. The second kappa shape index (κ2) is 9.80. The first-order chi connectivity index (χ1) is 14.9. The number of phosphoric acid groups is 1. The van der Waals surface area contributed by atoms with E-state index in [1.165, 1.54) is 10.8 Å². The fourth-order valence-electron chi connectivity index (χ4n) is 3.09. The lowest BCUT2D eigenvalue weighted by Gasteiger charge is -2.27. The van der Waals surface area contributed by atoms with Crippen LogP contribution in [-0.2, 0) is 9.09 Å². The second-order valence-electron chi connectivity index (χ2n) is 6.97. The van der Waals surface area contributed by atoms with Gasteiger partial charge in [-0.2, -0.15) is 8.78 Å². The van der Waals surface area contributed by atoms with Gasteiger partial charge in [-0.15, -0.1) is 0 Å². The third kappa shape index (κ3) is 6.11. The minimum absolute atomic E-state index is 0.0850. The fraction of sp³-hybridized carbons (Fsp3) is 0.412. The molecule has 1 fully saturated rings. The van der Waals surface area contributed by atoms with Crippen LogP contribution in [0.15, 0.2) is 23.1 Å². The summed E-state index contributed by atoms with van der Waals surface area (Å²) in [5, 5.41) is -0.631. The normalized spacial score (nSPS) is 15.2. The predicted molar refractivity (Wildman–Crippen MR) is 114 cm³/mol. The van der Waals surface area contributed by atoms with Gasteiger partial charge < -0.3 is 19.1 Å². The lowest BCUT2D eigenvalue weighted by atomic mass is 10.2. The standard InChI is InChI=1S/C17H17Cl3F2N3O6P/c1-8(9-2-3-9)24-6-13(20)23-15(16(24)26)25(7-30-32(27,28)29)14-11(18)4-10(5-12(14)19)31-17(21)22/h4-6,8-9,17H,2-3,7H2,1H3,(H2,27,28,29)/t8-/m0/s1. The smallest absolute Gasteiger partial charge is 0.435 e. The first kappa shape index (κ1) is 25.2. The highest BCUT2D eigenvalue weighted by molar-refractivity contribution is 7.46. The van der Waals surface area contributed by atoms with Gasteiger partial charge in [-0.1, -0.05) is 34.8 Å². The van der Waals surface area contributed by atoms with E-state index in [0.29, 0.717) is 0 Å². The van der Waals surface area contributed by atoms with Crippen molar-refractivity contribution < 1.29 is 32.4 Å². The van der Waals surface area contributed by atoms with Crippen molar-refractivity contribution in [1.82, 2.24) is 9.55 Å². The van der Waals surface area contributed by atoms with E-state index in [-0.39, 0.29) is 44.4 Å². The molecule has 0 amide bonds. The maximum absolute atomic E-state index is 13.2. The lowest BCUT2D eigenvalue weighted by Crippen LogP contribution is -2.33. The molecule has 0 radical (unpaired) electrons. The Labute approximate surface area is 195 Å². The maximum atomic E-state index is 13.2. The largest absolute Gasteiger partial charge is 0.471 e. The molecule has 2 aromatic rings. The molecule has 2 N–H and O–H groups in total. The van der Waals surface area contributed by atoms with Crippen LogP contribution in [0.1, 0.15) is 25.8 Å². The third-order valence-electron chi connectivity index (χ3n) is 4.72. The molecule has 1 aromatic heterocycles. The summed E-state index contributed by atoms with van der Waals surface area (Å²) in [6, 6.07) is 1.77. The van der Waals surface area contributed by atoms with Crippen LogP contribution >= 0.6 is 42.6 Å². The maximum Gasteiger partial charge on any atom is 0.471 e. The zero-order valence-corrected chi connectivity index (χ0v) is 19.5. The van der Waals surface area contributed by atoms with Crippen LogP contribution in [0.2, 0.25) is 15.2 Å². The van der Waals surface area contributed by atoms with Gasteiger partial charge in [0, 0.05) is 24.4 Å². The first-order valence-corrected chi connectivity index (χ1v) is 11.7. The Hall–Kier alpha value is -1.46. The van der Waals surface area contributed by atoms with E-state index in [4.69, 9.17) is 44.6 Å². The summed E-state index contributed by atoms with van der Waals surface area (Å²) in [6.07, 6.45) is 3.20. The number of rotatable bonds is 9. The molecule has 9 nitrogen and oxygen atoms in total. The number of anilines is 2. The number of hydrogen-bond donors (Lipinski definition) is 2. The van der Waals surface area contributed by atoms with Gasteiger partial charge in [-0.3, -0.25) is 14.2 Å². The Morgan fingerprint density at radius 2 is 1.88 bits per heavy atom. The van der Waals surface area contributed by atoms with Gasteiger partial charge in [0.15, 0.2) is 0 Å². The van der Waals surface area contributed by atoms with Crippen molar-refractivity contribution in [3.05, 3.63) is 43.9 Å². The summed E-state index contributed by atoms with van der Waals surface area (Å²) in [7, 11) is -5.00. The summed E-state index contributed by atoms with van der Waals surface area (Å²) in [5.74, 6) is -0.491. The van der Waals surface area contributed by atoms with E-state index in [0.717, 1.165) is 29.9 Å². The number of phosphoric ester groups is 1. The summed E-state index contributed by atoms with van der Waals surface area (Å²) >= 11 is 18.5. The van der Waals surface area contributed by atoms with Gasteiger partial charge in [0.05, 0.1) is 15.7 Å². The Balaban J connectivity index is 2.14. The molecule has 0 unspecified atom stereocenters. The summed E-state index contributed by atoms with van der Waals surface area (Å²) in [6.45, 7) is -2.22. The van der Waals surface area contributed by atoms with Crippen molar-refractivity contribution in [2.75, 3.05) is 11.6 Å². The highest BCUT2D eigenvalue weighted by Crippen LogP contribution is 2.43. The summed E-state index contributed by atoms with van der Waals surface area (Å²) in [5.41, 5.74) is -0.830. The first-order valence-electron chi connectivity index (χ1n) is 9.07. The zero-order chi connectivity index (χ0) is 23.8. The molecule has 1 atom stereocenters. The van der Waals surface area contributed by atoms with Gasteiger partial charge in [-0.05, 0) is 25.7 Å². The molecule has 0 bridgehead atoms. The van der Waals surface area contributed by atoms with Crippen LogP contribution in [0.3, 0.4) is 0 Å². The topological polar surface area (TPSA) is 114 Å². The molecule has 15 heteroatoms. The molecule has 3 rings (SSSR count). The Kier molecular flexibility index (Phi) is 7.71. The van der Waals surface area contributed by atoms with E-state index in [1.807, 2.05) is 6.92 Å². The SMILES string of the molecule is C[C@@H](C1CC1)n1cc(Cl)nc(N(COP(=O)(O)O)c2c(Cl)cc(OC(F)F)cc2Cl)c1=O. The highest BCUT2D eigenvalue weighted by Gasteiger charge is 2.32. The minimum atomic E-state index is -5.00. The average Bonchev–Trinajstić information content (AvgIpc) is 3.49. The van der Waals surface area contributed by atoms with Crippen LogP contribution in [-0.4, -0.2) is 32.7 Å². The number of benzene rings is 1. The molecule has 176 valence electrons. The van der Waals surface area contributed by atoms with E-state index in [9.17, 15) is 18.1 Å². The molecule has 1 saturated carbocycles. The van der Waals surface area contributed by atoms with Gasteiger partial charge in [0.2, 0.25) is 5.82 Å². The molecular weight excluding hydrogens is 518 g/mol. The Morgan fingerprint density at radius 3 is 2.38 bits per heavy atom. The second-order valence-corrected chi connectivity index (χ2v) is 9.41. The van der Waals surface area contributed by atoms with E-state index in [1.54, 1.807) is 0 Å². The predicted octanol–water partition coefficient (Wildman–Crippen LogP) is 4.98. The Morgan fingerprint density at radius 1 is 1.28 bits per heavy atom.